The Kier molecular flexibility index (Phi) is 8.25. The smallest absolute Gasteiger partial charge is 0.191 e. The van der Waals surface area contributed by atoms with Gasteiger partial charge in [-0.05, 0) is 42.7 Å². The second kappa shape index (κ2) is 10.7. The number of halogens is 2. The van der Waals surface area contributed by atoms with Crippen molar-refractivity contribution in [3.05, 3.63) is 65.2 Å². The Bertz CT molecular complexity index is 817. The summed E-state index contributed by atoms with van der Waals surface area (Å²) in [6.45, 7) is 5.88. The van der Waals surface area contributed by atoms with Crippen LogP contribution in [0.5, 0.6) is 0 Å². The molecular formula is C23H30ClIN4O. The summed E-state index contributed by atoms with van der Waals surface area (Å²) in [4.78, 5) is 9.42. The van der Waals surface area contributed by atoms with Gasteiger partial charge in [-0.2, -0.15) is 0 Å². The molecule has 0 amide bonds. The largest absolute Gasteiger partial charge is 0.381 e. The number of aliphatic imine (C=N–C) groups is 1. The third-order valence-corrected chi connectivity index (χ3v) is 6.43. The van der Waals surface area contributed by atoms with E-state index in [2.05, 4.69) is 52.3 Å². The average Bonchev–Trinajstić information content (AvgIpc) is 2.79. The minimum absolute atomic E-state index is 0. The van der Waals surface area contributed by atoms with E-state index in [4.69, 9.17) is 27.1 Å². The van der Waals surface area contributed by atoms with Gasteiger partial charge in [0.2, 0.25) is 0 Å². The third kappa shape index (κ3) is 5.39. The number of piperazine rings is 1. The average molecular weight is 541 g/mol. The lowest BCUT2D eigenvalue weighted by molar-refractivity contribution is 0.0530. The first kappa shape index (κ1) is 23.2. The normalized spacial score (nSPS) is 19.3. The molecule has 0 aromatic heterocycles. The summed E-state index contributed by atoms with van der Waals surface area (Å²) >= 11 is 6.00. The zero-order valence-corrected chi connectivity index (χ0v) is 20.3. The molecule has 2 aliphatic rings. The van der Waals surface area contributed by atoms with Crippen LogP contribution in [0.25, 0.3) is 0 Å². The molecule has 2 aromatic carbocycles. The van der Waals surface area contributed by atoms with Crippen molar-refractivity contribution < 1.29 is 4.74 Å². The van der Waals surface area contributed by atoms with Crippen molar-refractivity contribution in [2.75, 3.05) is 50.8 Å². The van der Waals surface area contributed by atoms with Gasteiger partial charge in [-0.3, -0.25) is 4.99 Å². The molecule has 7 heteroatoms. The van der Waals surface area contributed by atoms with Gasteiger partial charge >= 0.3 is 0 Å². The predicted octanol–water partition coefficient (Wildman–Crippen LogP) is 4.14. The zero-order chi connectivity index (χ0) is 20.1. The lowest BCUT2D eigenvalue weighted by Crippen LogP contribution is -2.51. The fraction of sp³-hybridized carbons (Fsp3) is 0.435. The van der Waals surface area contributed by atoms with Crippen molar-refractivity contribution in [2.24, 2.45) is 10.7 Å². The van der Waals surface area contributed by atoms with Crippen LogP contribution in [0.4, 0.5) is 5.69 Å². The SMILES string of the molecule is I.NC(=NCC1(c2ccccc2)CCOCC1)N1CCN(c2ccc(Cl)cc2)CC1. The van der Waals surface area contributed by atoms with Crippen molar-refractivity contribution in [2.45, 2.75) is 18.3 Å². The summed E-state index contributed by atoms with van der Waals surface area (Å²) in [6, 6.07) is 18.7. The highest BCUT2D eigenvalue weighted by molar-refractivity contribution is 14.0. The Morgan fingerprint density at radius 2 is 1.60 bits per heavy atom. The van der Waals surface area contributed by atoms with Crippen LogP contribution in [0, 0.1) is 0 Å². The van der Waals surface area contributed by atoms with Crippen LogP contribution in [-0.4, -0.2) is 56.8 Å². The number of anilines is 1. The predicted molar refractivity (Wildman–Crippen MR) is 135 cm³/mol. The van der Waals surface area contributed by atoms with E-state index in [0.29, 0.717) is 12.5 Å². The summed E-state index contributed by atoms with van der Waals surface area (Å²) in [5, 5.41) is 0.768. The Morgan fingerprint density at radius 1 is 0.967 bits per heavy atom. The van der Waals surface area contributed by atoms with Crippen LogP contribution in [-0.2, 0) is 10.2 Å². The molecule has 0 aliphatic carbocycles. The van der Waals surface area contributed by atoms with Gasteiger partial charge in [-0.25, -0.2) is 0 Å². The maximum atomic E-state index is 6.42. The fourth-order valence-corrected chi connectivity index (χ4v) is 4.40. The van der Waals surface area contributed by atoms with Crippen LogP contribution < -0.4 is 10.6 Å². The molecule has 2 N–H and O–H groups in total. The number of hydrogen-bond donors (Lipinski definition) is 1. The molecule has 30 heavy (non-hydrogen) atoms. The van der Waals surface area contributed by atoms with Gasteiger partial charge in [-0.1, -0.05) is 41.9 Å². The minimum atomic E-state index is 0. The topological polar surface area (TPSA) is 54.1 Å². The van der Waals surface area contributed by atoms with Gasteiger partial charge in [0.15, 0.2) is 5.96 Å². The van der Waals surface area contributed by atoms with E-state index < -0.39 is 0 Å². The molecule has 2 aliphatic heterocycles. The van der Waals surface area contributed by atoms with Crippen LogP contribution in [0.3, 0.4) is 0 Å². The maximum absolute atomic E-state index is 6.42. The lowest BCUT2D eigenvalue weighted by Gasteiger charge is -2.38. The standard InChI is InChI=1S/C23H29ClN4O.HI/c24-20-6-8-21(9-7-20)27-12-14-28(15-13-27)22(25)26-18-23(10-16-29-17-11-23)19-4-2-1-3-5-19;/h1-9H,10-18H2,(H2,25,26);1H. The van der Waals surface area contributed by atoms with E-state index in [1.807, 2.05) is 12.1 Å². The molecule has 0 spiro atoms. The van der Waals surface area contributed by atoms with Crippen molar-refractivity contribution in [1.29, 1.82) is 0 Å². The number of benzene rings is 2. The molecular weight excluding hydrogens is 511 g/mol. The first-order valence-corrected chi connectivity index (χ1v) is 10.7. The van der Waals surface area contributed by atoms with Gasteiger partial charge < -0.3 is 20.3 Å². The zero-order valence-electron chi connectivity index (χ0n) is 17.2. The molecule has 0 bridgehead atoms. The number of ether oxygens (including phenoxy) is 1. The van der Waals surface area contributed by atoms with Crippen LogP contribution in [0.15, 0.2) is 59.6 Å². The molecule has 2 heterocycles. The Balaban J connectivity index is 0.00000256. The summed E-state index contributed by atoms with van der Waals surface area (Å²) in [5.74, 6) is 0.655. The van der Waals surface area contributed by atoms with Crippen LogP contribution in [0.1, 0.15) is 18.4 Å². The summed E-state index contributed by atoms with van der Waals surface area (Å²) in [7, 11) is 0. The molecule has 4 rings (SSSR count). The number of guanidine groups is 1. The third-order valence-electron chi connectivity index (χ3n) is 6.18. The molecule has 0 atom stereocenters. The van der Waals surface area contributed by atoms with E-state index in [1.54, 1.807) is 0 Å². The Hall–Kier alpha value is -1.51. The van der Waals surface area contributed by atoms with Crippen molar-refractivity contribution in [3.63, 3.8) is 0 Å². The van der Waals surface area contributed by atoms with E-state index in [0.717, 1.165) is 57.3 Å². The highest BCUT2D eigenvalue weighted by Crippen LogP contribution is 2.35. The summed E-state index contributed by atoms with van der Waals surface area (Å²) in [6.07, 6.45) is 1.97. The molecule has 0 saturated carbocycles. The van der Waals surface area contributed by atoms with E-state index >= 15 is 0 Å². The van der Waals surface area contributed by atoms with E-state index in [9.17, 15) is 0 Å². The van der Waals surface area contributed by atoms with Crippen molar-refractivity contribution in [1.82, 2.24) is 4.90 Å². The second-order valence-corrected chi connectivity index (χ2v) is 8.32. The summed E-state index contributed by atoms with van der Waals surface area (Å²) in [5.41, 5.74) is 8.98. The van der Waals surface area contributed by atoms with Gasteiger partial charge in [0.05, 0.1) is 6.54 Å². The second-order valence-electron chi connectivity index (χ2n) is 7.88. The minimum Gasteiger partial charge on any atom is -0.381 e. The van der Waals surface area contributed by atoms with Crippen molar-refractivity contribution in [3.8, 4) is 0 Å². The Morgan fingerprint density at radius 3 is 2.23 bits per heavy atom. The van der Waals surface area contributed by atoms with Crippen LogP contribution in [0.2, 0.25) is 5.02 Å². The number of nitrogens with zero attached hydrogens (tertiary/aromatic N) is 3. The van der Waals surface area contributed by atoms with Crippen molar-refractivity contribution >= 4 is 47.2 Å². The lowest BCUT2D eigenvalue weighted by atomic mass is 9.74. The number of hydrogen-bond acceptors (Lipinski definition) is 3. The first-order chi connectivity index (χ1) is 14.2. The fourth-order valence-electron chi connectivity index (χ4n) is 4.27. The molecule has 5 nitrogen and oxygen atoms in total. The Labute approximate surface area is 201 Å². The van der Waals surface area contributed by atoms with Gasteiger partial charge in [0, 0.05) is 55.5 Å². The highest BCUT2D eigenvalue weighted by Gasteiger charge is 2.34. The highest BCUT2D eigenvalue weighted by atomic mass is 127. The molecule has 0 radical (unpaired) electrons. The summed E-state index contributed by atoms with van der Waals surface area (Å²) < 4.78 is 5.63. The van der Waals surface area contributed by atoms with E-state index in [1.165, 1.54) is 11.3 Å². The van der Waals surface area contributed by atoms with Gasteiger partial charge in [0.1, 0.15) is 0 Å². The molecule has 0 unspecified atom stereocenters. The van der Waals surface area contributed by atoms with Gasteiger partial charge in [0.25, 0.3) is 0 Å². The first-order valence-electron chi connectivity index (χ1n) is 10.3. The molecule has 2 saturated heterocycles. The van der Waals surface area contributed by atoms with Gasteiger partial charge in [-0.15, -0.1) is 24.0 Å². The molecule has 2 fully saturated rings. The quantitative estimate of drug-likeness (QED) is 0.360. The monoisotopic (exact) mass is 540 g/mol. The van der Waals surface area contributed by atoms with E-state index in [-0.39, 0.29) is 29.4 Å². The van der Waals surface area contributed by atoms with Crippen LogP contribution >= 0.6 is 35.6 Å². The maximum Gasteiger partial charge on any atom is 0.191 e. The molecule has 2 aromatic rings. The number of rotatable bonds is 4. The number of nitrogens with two attached hydrogens (primary N) is 1. The molecule has 162 valence electrons.